The minimum Gasteiger partial charge on any atom is -0.481 e. The Balaban J connectivity index is 1.50. The Morgan fingerprint density at radius 2 is 1.92 bits per heavy atom. The van der Waals surface area contributed by atoms with Gasteiger partial charge in [-0.2, -0.15) is 0 Å². The van der Waals surface area contributed by atoms with Crippen molar-refractivity contribution >= 4 is 5.91 Å². The predicted molar refractivity (Wildman–Crippen MR) is 96.6 cm³/mol. The van der Waals surface area contributed by atoms with E-state index in [4.69, 9.17) is 9.15 Å². The Hall–Kier alpha value is -2.27. The minimum atomic E-state index is -0.473. The molecule has 25 heavy (non-hydrogen) atoms. The van der Waals surface area contributed by atoms with Gasteiger partial charge in [-0.1, -0.05) is 6.07 Å². The van der Waals surface area contributed by atoms with Crippen LogP contribution in [0.2, 0.25) is 0 Å². The van der Waals surface area contributed by atoms with Crippen molar-refractivity contribution in [2.24, 2.45) is 0 Å². The number of piperazine rings is 1. The third kappa shape index (κ3) is 4.42. The first kappa shape index (κ1) is 17.5. The molecule has 0 aliphatic carbocycles. The molecule has 0 N–H and O–H groups in total. The van der Waals surface area contributed by atoms with Crippen LogP contribution in [0, 0.1) is 13.8 Å². The number of benzene rings is 1. The third-order valence-electron chi connectivity index (χ3n) is 4.78. The molecule has 2 aromatic rings. The van der Waals surface area contributed by atoms with Gasteiger partial charge < -0.3 is 14.1 Å². The number of furan rings is 1. The van der Waals surface area contributed by atoms with E-state index in [0.717, 1.165) is 44.2 Å². The summed E-state index contributed by atoms with van der Waals surface area (Å²) in [6.07, 6.45) is 1.22. The number of hydrogen-bond acceptors (Lipinski definition) is 4. The van der Waals surface area contributed by atoms with Crippen molar-refractivity contribution in [1.82, 2.24) is 9.80 Å². The second-order valence-electron chi connectivity index (χ2n) is 6.69. The van der Waals surface area contributed by atoms with E-state index in [2.05, 4.69) is 11.8 Å². The van der Waals surface area contributed by atoms with Gasteiger partial charge in [-0.15, -0.1) is 0 Å². The average molecular weight is 342 g/mol. The van der Waals surface area contributed by atoms with Crippen molar-refractivity contribution in [3.63, 3.8) is 0 Å². The summed E-state index contributed by atoms with van der Waals surface area (Å²) in [6.45, 7) is 9.88. The van der Waals surface area contributed by atoms with Crippen LogP contribution in [0.4, 0.5) is 0 Å². The van der Waals surface area contributed by atoms with E-state index >= 15 is 0 Å². The molecule has 1 aliphatic rings. The zero-order chi connectivity index (χ0) is 17.8. The van der Waals surface area contributed by atoms with Crippen LogP contribution in [0.25, 0.3) is 0 Å². The Labute approximate surface area is 149 Å². The molecular formula is C20H26N2O3. The topological polar surface area (TPSA) is 45.9 Å². The molecule has 0 bridgehead atoms. The molecule has 1 aromatic carbocycles. The van der Waals surface area contributed by atoms with Crippen molar-refractivity contribution in [1.29, 1.82) is 0 Å². The van der Waals surface area contributed by atoms with E-state index < -0.39 is 6.10 Å². The standard InChI is InChI=1S/C20H26N2O3/c1-15-6-7-18(13-16(15)2)25-17(3)20(23)22-10-8-21(9-11-22)14-19-5-4-12-24-19/h4-7,12-13,17H,8-11,14H2,1-3H3/t17-/m1/s1. The monoisotopic (exact) mass is 342 g/mol. The number of hydrogen-bond donors (Lipinski definition) is 0. The average Bonchev–Trinajstić information content (AvgIpc) is 3.11. The van der Waals surface area contributed by atoms with E-state index in [1.54, 1.807) is 6.26 Å². The van der Waals surface area contributed by atoms with Gasteiger partial charge in [-0.25, -0.2) is 0 Å². The van der Waals surface area contributed by atoms with Crippen LogP contribution in [0.1, 0.15) is 23.8 Å². The molecule has 0 unspecified atom stereocenters. The largest absolute Gasteiger partial charge is 0.481 e. The van der Waals surface area contributed by atoms with Crippen molar-refractivity contribution in [3.05, 3.63) is 53.5 Å². The summed E-state index contributed by atoms with van der Waals surface area (Å²) in [6, 6.07) is 9.82. The SMILES string of the molecule is Cc1ccc(O[C@H](C)C(=O)N2CCN(Cc3ccco3)CC2)cc1C. The molecule has 2 heterocycles. The molecule has 1 saturated heterocycles. The van der Waals surface area contributed by atoms with E-state index in [-0.39, 0.29) is 5.91 Å². The Kier molecular flexibility index (Phi) is 5.43. The molecule has 0 saturated carbocycles. The van der Waals surface area contributed by atoms with Crippen molar-refractivity contribution in [3.8, 4) is 5.75 Å². The molecule has 5 heteroatoms. The first-order chi connectivity index (χ1) is 12.0. The molecule has 5 nitrogen and oxygen atoms in total. The van der Waals surface area contributed by atoms with E-state index in [9.17, 15) is 4.79 Å². The molecule has 1 fully saturated rings. The smallest absolute Gasteiger partial charge is 0.263 e. The van der Waals surface area contributed by atoms with E-state index in [1.165, 1.54) is 11.1 Å². The van der Waals surface area contributed by atoms with Crippen LogP contribution in [-0.4, -0.2) is 48.0 Å². The summed E-state index contributed by atoms with van der Waals surface area (Å²) < 4.78 is 11.2. The Bertz CT molecular complexity index is 704. The number of carbonyl (C=O) groups is 1. The molecule has 1 amide bonds. The van der Waals surface area contributed by atoms with Crippen LogP contribution >= 0.6 is 0 Å². The van der Waals surface area contributed by atoms with Gasteiger partial charge in [0.15, 0.2) is 6.10 Å². The highest BCUT2D eigenvalue weighted by Gasteiger charge is 2.26. The molecule has 1 atom stereocenters. The zero-order valence-electron chi connectivity index (χ0n) is 15.2. The highest BCUT2D eigenvalue weighted by molar-refractivity contribution is 5.81. The minimum absolute atomic E-state index is 0.0517. The molecule has 134 valence electrons. The van der Waals surface area contributed by atoms with Crippen molar-refractivity contribution in [2.75, 3.05) is 26.2 Å². The summed E-state index contributed by atoms with van der Waals surface area (Å²) in [7, 11) is 0. The fraction of sp³-hybridized carbons (Fsp3) is 0.450. The number of carbonyl (C=O) groups excluding carboxylic acids is 1. The first-order valence-corrected chi connectivity index (χ1v) is 8.80. The van der Waals surface area contributed by atoms with Crippen LogP contribution < -0.4 is 4.74 Å². The zero-order valence-corrected chi connectivity index (χ0v) is 15.2. The molecule has 0 radical (unpaired) electrons. The summed E-state index contributed by atoms with van der Waals surface area (Å²) in [5.74, 6) is 1.77. The number of rotatable bonds is 5. The number of nitrogens with zero attached hydrogens (tertiary/aromatic N) is 2. The first-order valence-electron chi connectivity index (χ1n) is 8.80. The van der Waals surface area contributed by atoms with Gasteiger partial charge in [-0.05, 0) is 56.2 Å². The number of aryl methyl sites for hydroxylation is 2. The summed E-state index contributed by atoms with van der Waals surface area (Å²) >= 11 is 0. The normalized spacial score (nSPS) is 16.7. The van der Waals surface area contributed by atoms with Crippen molar-refractivity contribution < 1.29 is 13.9 Å². The van der Waals surface area contributed by atoms with Crippen LogP contribution in [-0.2, 0) is 11.3 Å². The van der Waals surface area contributed by atoms with Gasteiger partial charge in [0.05, 0.1) is 12.8 Å². The maximum Gasteiger partial charge on any atom is 0.263 e. The molecule has 3 rings (SSSR count). The lowest BCUT2D eigenvalue weighted by Crippen LogP contribution is -2.51. The quantitative estimate of drug-likeness (QED) is 0.838. The van der Waals surface area contributed by atoms with Gasteiger partial charge in [0.1, 0.15) is 11.5 Å². The van der Waals surface area contributed by atoms with E-state index in [0.29, 0.717) is 0 Å². The lowest BCUT2D eigenvalue weighted by atomic mass is 10.1. The highest BCUT2D eigenvalue weighted by Crippen LogP contribution is 2.19. The summed E-state index contributed by atoms with van der Waals surface area (Å²) in [5, 5.41) is 0. The van der Waals surface area contributed by atoms with E-state index in [1.807, 2.05) is 49.1 Å². The lowest BCUT2D eigenvalue weighted by Gasteiger charge is -2.35. The van der Waals surface area contributed by atoms with Crippen LogP contribution in [0.3, 0.4) is 0 Å². The van der Waals surface area contributed by atoms with Gasteiger partial charge in [0, 0.05) is 26.2 Å². The molecular weight excluding hydrogens is 316 g/mol. The fourth-order valence-corrected chi connectivity index (χ4v) is 3.05. The molecule has 0 spiro atoms. The second-order valence-corrected chi connectivity index (χ2v) is 6.69. The summed E-state index contributed by atoms with van der Waals surface area (Å²) in [4.78, 5) is 16.8. The van der Waals surface area contributed by atoms with Crippen molar-refractivity contribution in [2.45, 2.75) is 33.4 Å². The maximum atomic E-state index is 12.6. The fourth-order valence-electron chi connectivity index (χ4n) is 3.05. The van der Waals surface area contributed by atoms with Gasteiger partial charge in [-0.3, -0.25) is 9.69 Å². The molecule has 1 aromatic heterocycles. The van der Waals surface area contributed by atoms with Gasteiger partial charge in [0.2, 0.25) is 0 Å². The van der Waals surface area contributed by atoms with Gasteiger partial charge >= 0.3 is 0 Å². The van der Waals surface area contributed by atoms with Crippen LogP contribution in [0.5, 0.6) is 5.75 Å². The predicted octanol–water partition coefficient (Wildman–Crippen LogP) is 3.01. The third-order valence-corrected chi connectivity index (χ3v) is 4.78. The lowest BCUT2D eigenvalue weighted by molar-refractivity contribution is -0.139. The number of ether oxygens (including phenoxy) is 1. The number of amides is 1. The Morgan fingerprint density at radius 3 is 2.56 bits per heavy atom. The van der Waals surface area contributed by atoms with Crippen LogP contribution in [0.15, 0.2) is 41.0 Å². The maximum absolute atomic E-state index is 12.6. The molecule has 1 aliphatic heterocycles. The second kappa shape index (κ2) is 7.74. The summed E-state index contributed by atoms with van der Waals surface area (Å²) in [5.41, 5.74) is 2.39. The van der Waals surface area contributed by atoms with Gasteiger partial charge in [0.25, 0.3) is 5.91 Å². The Morgan fingerprint density at radius 1 is 1.16 bits per heavy atom. The highest BCUT2D eigenvalue weighted by atomic mass is 16.5.